The second-order valence-corrected chi connectivity index (χ2v) is 4.54. The van der Waals surface area contributed by atoms with E-state index in [2.05, 4.69) is 24.9 Å². The zero-order chi connectivity index (χ0) is 11.3. The van der Waals surface area contributed by atoms with E-state index in [0.29, 0.717) is 0 Å². The van der Waals surface area contributed by atoms with Crippen molar-refractivity contribution in [3.05, 3.63) is 29.7 Å². The molecule has 0 aromatic heterocycles. The van der Waals surface area contributed by atoms with Gasteiger partial charge in [0.2, 0.25) is 0 Å². The van der Waals surface area contributed by atoms with Crippen molar-refractivity contribution in [2.75, 3.05) is 19.0 Å². The normalized spacial score (nSPS) is 9.80. The lowest BCUT2D eigenvalue weighted by Crippen LogP contribution is -1.98. The lowest BCUT2D eigenvalue weighted by molar-refractivity contribution is 0.414. The van der Waals surface area contributed by atoms with Crippen molar-refractivity contribution in [2.45, 2.75) is 18.7 Å². The van der Waals surface area contributed by atoms with Gasteiger partial charge in [-0.1, -0.05) is 18.3 Å². The third-order valence-electron chi connectivity index (χ3n) is 1.84. The third-order valence-corrected chi connectivity index (χ3v) is 2.76. The minimum absolute atomic E-state index is 0.872. The van der Waals surface area contributed by atoms with Crippen LogP contribution >= 0.6 is 11.8 Å². The van der Waals surface area contributed by atoms with Gasteiger partial charge in [0, 0.05) is 17.5 Å². The summed E-state index contributed by atoms with van der Waals surface area (Å²) in [7, 11) is 1.68. The molecule has 82 valence electrons. The number of methoxy groups -OCH3 is 1. The van der Waals surface area contributed by atoms with E-state index >= 15 is 0 Å². The summed E-state index contributed by atoms with van der Waals surface area (Å²) >= 11 is 1.67. The van der Waals surface area contributed by atoms with Gasteiger partial charge in [-0.3, -0.25) is 0 Å². The van der Waals surface area contributed by atoms with Gasteiger partial charge in [-0.05, 0) is 30.9 Å². The van der Waals surface area contributed by atoms with E-state index in [0.717, 1.165) is 22.9 Å². The van der Waals surface area contributed by atoms with Gasteiger partial charge in [0.15, 0.2) is 0 Å². The second-order valence-electron chi connectivity index (χ2n) is 3.20. The Morgan fingerprint density at radius 1 is 1.53 bits per heavy atom. The largest absolute Gasteiger partial charge is 0.497 e. The van der Waals surface area contributed by atoms with E-state index in [4.69, 9.17) is 4.74 Å². The van der Waals surface area contributed by atoms with Gasteiger partial charge >= 0.3 is 0 Å². The predicted molar refractivity (Wildman–Crippen MR) is 67.8 cm³/mol. The first-order valence-electron chi connectivity index (χ1n) is 4.92. The maximum atomic E-state index is 5.19. The molecule has 1 aromatic carbocycles. The van der Waals surface area contributed by atoms with Gasteiger partial charge < -0.3 is 10.1 Å². The van der Waals surface area contributed by atoms with Crippen molar-refractivity contribution in [2.24, 2.45) is 0 Å². The maximum absolute atomic E-state index is 5.19. The van der Waals surface area contributed by atoms with Crippen LogP contribution in [0.2, 0.25) is 0 Å². The Kier molecular flexibility index (Phi) is 4.56. The number of hydrogen-bond donors (Lipinski definition) is 1. The first kappa shape index (κ1) is 12.0. The highest BCUT2D eigenvalue weighted by Crippen LogP contribution is 2.34. The van der Waals surface area contributed by atoms with Crippen LogP contribution in [0.25, 0.3) is 0 Å². The summed E-state index contributed by atoms with van der Waals surface area (Å²) in [6.45, 7) is 8.88. The van der Waals surface area contributed by atoms with E-state index in [1.54, 1.807) is 18.9 Å². The average Bonchev–Trinajstić information content (AvgIpc) is 2.20. The van der Waals surface area contributed by atoms with Crippen LogP contribution in [0, 0.1) is 0 Å². The Morgan fingerprint density at radius 3 is 2.80 bits per heavy atom. The predicted octanol–water partition coefficient (Wildman–Crippen LogP) is 3.75. The topological polar surface area (TPSA) is 21.3 Å². The van der Waals surface area contributed by atoms with Gasteiger partial charge in [0.1, 0.15) is 5.75 Å². The van der Waals surface area contributed by atoms with Crippen LogP contribution in [-0.2, 0) is 0 Å². The molecule has 0 aliphatic carbocycles. The highest BCUT2D eigenvalue weighted by atomic mass is 32.2. The summed E-state index contributed by atoms with van der Waals surface area (Å²) in [5.41, 5.74) is 1.10. The number of rotatable bonds is 5. The number of benzene rings is 1. The molecule has 0 amide bonds. The minimum atomic E-state index is 0.872. The van der Waals surface area contributed by atoms with Gasteiger partial charge in [-0.15, -0.1) is 0 Å². The Bertz CT molecular complexity index is 349. The van der Waals surface area contributed by atoms with E-state index < -0.39 is 0 Å². The minimum Gasteiger partial charge on any atom is -0.497 e. The lowest BCUT2D eigenvalue weighted by atomic mass is 10.3. The molecule has 1 rings (SSSR count). The van der Waals surface area contributed by atoms with Crippen LogP contribution in [0.1, 0.15) is 13.8 Å². The lowest BCUT2D eigenvalue weighted by Gasteiger charge is -2.11. The fourth-order valence-corrected chi connectivity index (χ4v) is 1.99. The molecule has 0 spiro atoms. The molecule has 0 unspecified atom stereocenters. The van der Waals surface area contributed by atoms with Crippen LogP contribution in [0.15, 0.2) is 34.6 Å². The van der Waals surface area contributed by atoms with E-state index in [1.165, 1.54) is 4.90 Å². The fraction of sp³-hybridized carbons (Fsp3) is 0.333. The fourth-order valence-electron chi connectivity index (χ4n) is 1.24. The first-order chi connectivity index (χ1) is 7.17. The van der Waals surface area contributed by atoms with E-state index in [1.807, 2.05) is 19.1 Å². The molecule has 2 nitrogen and oxygen atoms in total. The Labute approximate surface area is 95.7 Å². The number of hydrogen-bond acceptors (Lipinski definition) is 3. The molecule has 0 bridgehead atoms. The molecule has 0 aliphatic heterocycles. The second kappa shape index (κ2) is 5.71. The quantitative estimate of drug-likeness (QED) is 0.768. The van der Waals surface area contributed by atoms with Gasteiger partial charge in [0.25, 0.3) is 0 Å². The molecule has 1 aromatic rings. The van der Waals surface area contributed by atoms with Crippen LogP contribution in [0.3, 0.4) is 0 Å². The standard InChI is InChI=1S/C12H17NOS/c1-5-13-11-8-10(14-4)6-7-12(11)15-9(2)3/h6-8,13H,2,5H2,1,3-4H3. The zero-order valence-corrected chi connectivity index (χ0v) is 10.3. The molecular weight excluding hydrogens is 206 g/mol. The average molecular weight is 223 g/mol. The number of ether oxygens (including phenoxy) is 1. The molecule has 0 saturated carbocycles. The number of nitrogens with one attached hydrogen (secondary N) is 1. The molecule has 15 heavy (non-hydrogen) atoms. The molecule has 0 fully saturated rings. The molecule has 0 radical (unpaired) electrons. The summed E-state index contributed by atoms with van der Waals surface area (Å²) < 4.78 is 5.19. The number of thioether (sulfide) groups is 1. The number of anilines is 1. The highest BCUT2D eigenvalue weighted by Gasteiger charge is 2.04. The van der Waals surface area contributed by atoms with Crippen molar-refractivity contribution in [1.82, 2.24) is 0 Å². The van der Waals surface area contributed by atoms with Crippen molar-refractivity contribution in [3.63, 3.8) is 0 Å². The van der Waals surface area contributed by atoms with Crippen LogP contribution in [-0.4, -0.2) is 13.7 Å². The summed E-state index contributed by atoms with van der Waals surface area (Å²) in [5.74, 6) is 0.872. The van der Waals surface area contributed by atoms with E-state index in [-0.39, 0.29) is 0 Å². The van der Waals surface area contributed by atoms with Crippen molar-refractivity contribution >= 4 is 17.4 Å². The van der Waals surface area contributed by atoms with E-state index in [9.17, 15) is 0 Å². The van der Waals surface area contributed by atoms with Crippen molar-refractivity contribution in [1.29, 1.82) is 0 Å². The van der Waals surface area contributed by atoms with Crippen LogP contribution < -0.4 is 10.1 Å². The summed E-state index contributed by atoms with van der Waals surface area (Å²) in [5, 5.41) is 3.31. The molecular formula is C12H17NOS. The molecule has 0 aliphatic rings. The van der Waals surface area contributed by atoms with Gasteiger partial charge in [0.05, 0.1) is 12.8 Å². The highest BCUT2D eigenvalue weighted by molar-refractivity contribution is 8.03. The molecule has 0 atom stereocenters. The molecule has 0 heterocycles. The van der Waals surface area contributed by atoms with Crippen molar-refractivity contribution < 1.29 is 4.74 Å². The van der Waals surface area contributed by atoms with Gasteiger partial charge in [-0.2, -0.15) is 0 Å². The van der Waals surface area contributed by atoms with Crippen molar-refractivity contribution in [3.8, 4) is 5.75 Å². The molecule has 1 N–H and O–H groups in total. The summed E-state index contributed by atoms with van der Waals surface area (Å²) in [6.07, 6.45) is 0. The first-order valence-corrected chi connectivity index (χ1v) is 5.74. The van der Waals surface area contributed by atoms with Crippen LogP contribution in [0.5, 0.6) is 5.75 Å². The number of allylic oxidation sites excluding steroid dienone is 1. The Morgan fingerprint density at radius 2 is 2.27 bits per heavy atom. The SMILES string of the molecule is C=C(C)Sc1ccc(OC)cc1NCC. The Balaban J connectivity index is 2.97. The summed E-state index contributed by atoms with van der Waals surface area (Å²) in [6, 6.07) is 6.02. The smallest absolute Gasteiger partial charge is 0.121 e. The van der Waals surface area contributed by atoms with Crippen LogP contribution in [0.4, 0.5) is 5.69 Å². The maximum Gasteiger partial charge on any atom is 0.121 e. The molecule has 3 heteroatoms. The molecule has 0 saturated heterocycles. The third kappa shape index (κ3) is 3.51. The Hall–Kier alpha value is -1.09. The monoisotopic (exact) mass is 223 g/mol. The van der Waals surface area contributed by atoms with Gasteiger partial charge in [-0.25, -0.2) is 0 Å². The summed E-state index contributed by atoms with van der Waals surface area (Å²) in [4.78, 5) is 2.27. The zero-order valence-electron chi connectivity index (χ0n) is 9.46.